The molecule has 1 aromatic rings. The van der Waals surface area contributed by atoms with Gasteiger partial charge in [-0.25, -0.2) is 4.39 Å². The summed E-state index contributed by atoms with van der Waals surface area (Å²) in [6.07, 6.45) is 0.484. The number of hydrogen-bond donors (Lipinski definition) is 0. The minimum Gasteiger partial charge on any atom is -0.377 e. The predicted molar refractivity (Wildman–Crippen MR) is 62.0 cm³/mol. The van der Waals surface area contributed by atoms with E-state index in [1.165, 1.54) is 12.1 Å². The Hall–Kier alpha value is -1.42. The third-order valence-corrected chi connectivity index (χ3v) is 3.01. The van der Waals surface area contributed by atoms with Crippen LogP contribution in [0.15, 0.2) is 24.3 Å². The van der Waals surface area contributed by atoms with Crippen LogP contribution < -0.4 is 0 Å². The molecular weight excluding hydrogens is 221 g/mol. The standard InChI is InChI=1S/C13H16FNO2/c1-2-13(16)15-7-8-17-9-12(15)10-3-5-11(14)6-4-10/h3-6,12H,2,7-9H2,1H3. The molecule has 1 saturated heterocycles. The lowest BCUT2D eigenvalue weighted by Crippen LogP contribution is -2.43. The summed E-state index contributed by atoms with van der Waals surface area (Å²) in [5.74, 6) is -0.151. The average molecular weight is 237 g/mol. The van der Waals surface area contributed by atoms with E-state index in [4.69, 9.17) is 4.74 Å². The van der Waals surface area contributed by atoms with Gasteiger partial charge in [0, 0.05) is 13.0 Å². The minimum atomic E-state index is -0.265. The molecule has 92 valence electrons. The van der Waals surface area contributed by atoms with Crippen LogP contribution in [0.3, 0.4) is 0 Å². The van der Waals surface area contributed by atoms with Crippen LogP contribution in [0.25, 0.3) is 0 Å². The molecule has 1 fully saturated rings. The Bertz CT molecular complexity index is 391. The Balaban J connectivity index is 2.21. The highest BCUT2D eigenvalue weighted by Gasteiger charge is 2.27. The molecule has 1 heterocycles. The van der Waals surface area contributed by atoms with Gasteiger partial charge in [-0.05, 0) is 17.7 Å². The van der Waals surface area contributed by atoms with Crippen molar-refractivity contribution in [3.05, 3.63) is 35.6 Å². The second-order valence-corrected chi connectivity index (χ2v) is 4.08. The molecule has 4 heteroatoms. The molecule has 2 rings (SSSR count). The molecule has 17 heavy (non-hydrogen) atoms. The van der Waals surface area contributed by atoms with E-state index < -0.39 is 0 Å². The maximum atomic E-state index is 12.9. The van der Waals surface area contributed by atoms with Gasteiger partial charge in [-0.3, -0.25) is 4.79 Å². The number of morpholine rings is 1. The minimum absolute atomic E-state index is 0.0863. The van der Waals surface area contributed by atoms with Gasteiger partial charge < -0.3 is 9.64 Å². The van der Waals surface area contributed by atoms with Crippen molar-refractivity contribution in [2.75, 3.05) is 19.8 Å². The van der Waals surface area contributed by atoms with Crippen LogP contribution in [0.5, 0.6) is 0 Å². The SMILES string of the molecule is CCC(=O)N1CCOCC1c1ccc(F)cc1. The van der Waals surface area contributed by atoms with E-state index in [1.54, 1.807) is 12.1 Å². The smallest absolute Gasteiger partial charge is 0.222 e. The van der Waals surface area contributed by atoms with Gasteiger partial charge in [0.2, 0.25) is 5.91 Å². The Kier molecular flexibility index (Phi) is 3.74. The lowest BCUT2D eigenvalue weighted by Gasteiger charge is -2.35. The van der Waals surface area contributed by atoms with Crippen molar-refractivity contribution in [3.8, 4) is 0 Å². The number of ether oxygens (including phenoxy) is 1. The molecule has 1 atom stereocenters. The summed E-state index contributed by atoms with van der Waals surface area (Å²) in [4.78, 5) is 13.6. The maximum absolute atomic E-state index is 12.9. The quantitative estimate of drug-likeness (QED) is 0.788. The van der Waals surface area contributed by atoms with E-state index in [2.05, 4.69) is 0 Å². The topological polar surface area (TPSA) is 29.5 Å². The van der Waals surface area contributed by atoms with Gasteiger partial charge in [-0.15, -0.1) is 0 Å². The van der Waals surface area contributed by atoms with Crippen molar-refractivity contribution in [2.24, 2.45) is 0 Å². The molecule has 0 saturated carbocycles. The Morgan fingerprint density at radius 3 is 2.82 bits per heavy atom. The molecule has 1 aliphatic rings. The zero-order chi connectivity index (χ0) is 12.3. The number of carbonyl (C=O) groups is 1. The van der Waals surface area contributed by atoms with Crippen LogP contribution in [0.2, 0.25) is 0 Å². The number of nitrogens with zero attached hydrogens (tertiary/aromatic N) is 1. The van der Waals surface area contributed by atoms with Crippen LogP contribution >= 0.6 is 0 Å². The molecule has 0 bridgehead atoms. The van der Waals surface area contributed by atoms with E-state index in [0.29, 0.717) is 26.2 Å². The molecule has 1 aliphatic heterocycles. The van der Waals surface area contributed by atoms with Gasteiger partial charge >= 0.3 is 0 Å². The number of carbonyl (C=O) groups excluding carboxylic acids is 1. The van der Waals surface area contributed by atoms with E-state index in [0.717, 1.165) is 5.56 Å². The molecule has 3 nitrogen and oxygen atoms in total. The molecule has 1 unspecified atom stereocenters. The first-order chi connectivity index (χ1) is 8.22. The van der Waals surface area contributed by atoms with E-state index in [9.17, 15) is 9.18 Å². The van der Waals surface area contributed by atoms with Crippen molar-refractivity contribution >= 4 is 5.91 Å². The zero-order valence-corrected chi connectivity index (χ0v) is 9.86. The summed E-state index contributed by atoms with van der Waals surface area (Å²) in [5.41, 5.74) is 0.924. The summed E-state index contributed by atoms with van der Waals surface area (Å²) in [5, 5.41) is 0. The first kappa shape index (κ1) is 12.0. The molecule has 0 radical (unpaired) electrons. The predicted octanol–water partition coefficient (Wildman–Crippen LogP) is 2.14. The second kappa shape index (κ2) is 5.27. The van der Waals surface area contributed by atoms with Crippen molar-refractivity contribution in [2.45, 2.75) is 19.4 Å². The normalized spacial score (nSPS) is 20.4. The Morgan fingerprint density at radius 2 is 2.18 bits per heavy atom. The molecule has 0 aliphatic carbocycles. The summed E-state index contributed by atoms with van der Waals surface area (Å²) >= 11 is 0. The number of amides is 1. The molecule has 0 spiro atoms. The molecule has 1 aromatic carbocycles. The largest absolute Gasteiger partial charge is 0.377 e. The Morgan fingerprint density at radius 1 is 1.47 bits per heavy atom. The van der Waals surface area contributed by atoms with Gasteiger partial charge in [0.15, 0.2) is 0 Å². The number of halogens is 1. The van der Waals surface area contributed by atoms with Crippen LogP contribution in [-0.4, -0.2) is 30.6 Å². The fourth-order valence-electron chi connectivity index (χ4n) is 2.07. The highest BCUT2D eigenvalue weighted by molar-refractivity contribution is 5.76. The van der Waals surface area contributed by atoms with Gasteiger partial charge in [0.1, 0.15) is 5.82 Å². The second-order valence-electron chi connectivity index (χ2n) is 4.08. The number of rotatable bonds is 2. The van der Waals surface area contributed by atoms with Gasteiger partial charge in [0.05, 0.1) is 19.3 Å². The van der Waals surface area contributed by atoms with Crippen LogP contribution in [0, 0.1) is 5.82 Å². The van der Waals surface area contributed by atoms with E-state index in [1.807, 2.05) is 11.8 Å². The number of benzene rings is 1. The van der Waals surface area contributed by atoms with Crippen molar-refractivity contribution < 1.29 is 13.9 Å². The summed E-state index contributed by atoms with van der Waals surface area (Å²) < 4.78 is 18.3. The fourth-order valence-corrected chi connectivity index (χ4v) is 2.07. The molecule has 0 N–H and O–H groups in total. The van der Waals surface area contributed by atoms with Crippen LogP contribution in [0.1, 0.15) is 24.9 Å². The van der Waals surface area contributed by atoms with Crippen molar-refractivity contribution in [1.29, 1.82) is 0 Å². The molecule has 1 amide bonds. The van der Waals surface area contributed by atoms with Crippen LogP contribution in [0.4, 0.5) is 4.39 Å². The number of hydrogen-bond acceptors (Lipinski definition) is 2. The van der Waals surface area contributed by atoms with Crippen LogP contribution in [-0.2, 0) is 9.53 Å². The van der Waals surface area contributed by atoms with E-state index in [-0.39, 0.29) is 17.8 Å². The van der Waals surface area contributed by atoms with Gasteiger partial charge in [0.25, 0.3) is 0 Å². The third-order valence-electron chi connectivity index (χ3n) is 3.01. The first-order valence-corrected chi connectivity index (χ1v) is 5.85. The van der Waals surface area contributed by atoms with Crippen molar-refractivity contribution in [1.82, 2.24) is 4.90 Å². The first-order valence-electron chi connectivity index (χ1n) is 5.85. The highest BCUT2D eigenvalue weighted by atomic mass is 19.1. The average Bonchev–Trinajstić information content (AvgIpc) is 2.39. The van der Waals surface area contributed by atoms with Gasteiger partial charge in [-0.1, -0.05) is 19.1 Å². The third kappa shape index (κ3) is 2.64. The van der Waals surface area contributed by atoms with Gasteiger partial charge in [-0.2, -0.15) is 0 Å². The summed E-state index contributed by atoms with van der Waals surface area (Å²) in [6.45, 7) is 3.51. The molecule has 0 aromatic heterocycles. The maximum Gasteiger partial charge on any atom is 0.222 e. The van der Waals surface area contributed by atoms with Crippen molar-refractivity contribution in [3.63, 3.8) is 0 Å². The monoisotopic (exact) mass is 237 g/mol. The molecular formula is C13H16FNO2. The van der Waals surface area contributed by atoms with E-state index >= 15 is 0 Å². The Labute approximate surface area is 100 Å². The fraction of sp³-hybridized carbons (Fsp3) is 0.462. The highest BCUT2D eigenvalue weighted by Crippen LogP contribution is 2.24. The summed E-state index contributed by atoms with van der Waals surface area (Å²) in [6, 6.07) is 6.17. The lowest BCUT2D eigenvalue weighted by molar-refractivity contribution is -0.139. The summed E-state index contributed by atoms with van der Waals surface area (Å²) in [7, 11) is 0. The zero-order valence-electron chi connectivity index (χ0n) is 9.86. The lowest BCUT2D eigenvalue weighted by atomic mass is 10.0.